The van der Waals surface area contributed by atoms with Gasteiger partial charge in [-0.3, -0.25) is 19.2 Å². The molecule has 10 heteroatoms. The number of hydrogen-bond acceptors (Lipinski definition) is 10. The fourth-order valence-electron chi connectivity index (χ4n) is 9.32. The zero-order valence-electron chi connectivity index (χ0n) is 27.2. The molecular weight excluding hydrogens is 580 g/mol. The number of carbonyl (C=O) groups excluding carboxylic acids is 2. The number of carbonyl (C=O) groups is 2. The highest BCUT2D eigenvalue weighted by atomic mass is 32.2. The monoisotopic (exact) mass is 630 g/mol. The van der Waals surface area contributed by atoms with Crippen LogP contribution in [-0.4, -0.2) is 84.8 Å². The Morgan fingerprint density at radius 3 is 2.57 bits per heavy atom. The van der Waals surface area contributed by atoms with Crippen LogP contribution in [0, 0.1) is 34.0 Å². The van der Waals surface area contributed by atoms with Gasteiger partial charge >= 0.3 is 5.97 Å². The molecule has 3 aliphatic carbocycles. The average molecular weight is 631 g/mol. The lowest BCUT2D eigenvalue weighted by molar-refractivity contribution is -0.205. The molecule has 1 N–H and O–H groups in total. The van der Waals surface area contributed by atoms with E-state index in [2.05, 4.69) is 32.3 Å². The van der Waals surface area contributed by atoms with E-state index in [4.69, 9.17) is 9.47 Å². The van der Waals surface area contributed by atoms with Crippen molar-refractivity contribution < 1.29 is 24.2 Å². The van der Waals surface area contributed by atoms with E-state index in [0.29, 0.717) is 44.0 Å². The van der Waals surface area contributed by atoms with Crippen LogP contribution in [0.4, 0.5) is 5.69 Å². The van der Waals surface area contributed by atoms with E-state index < -0.39 is 33.9 Å². The maximum absolute atomic E-state index is 13.6. The van der Waals surface area contributed by atoms with Crippen LogP contribution in [0.3, 0.4) is 0 Å². The Bertz CT molecular complexity index is 1360. The van der Waals surface area contributed by atoms with Gasteiger partial charge in [-0.15, -0.1) is 18.3 Å². The Hall–Kier alpha value is -2.17. The topological polar surface area (TPSA) is 113 Å². The van der Waals surface area contributed by atoms with Crippen LogP contribution in [0.15, 0.2) is 22.2 Å². The van der Waals surface area contributed by atoms with Gasteiger partial charge in [0.25, 0.3) is 10.9 Å². The van der Waals surface area contributed by atoms with Crippen LogP contribution in [0.5, 0.6) is 5.75 Å². The van der Waals surface area contributed by atoms with Crippen molar-refractivity contribution in [3.05, 3.63) is 33.1 Å². The third-order valence-electron chi connectivity index (χ3n) is 12.2. The first-order chi connectivity index (χ1) is 20.7. The second kappa shape index (κ2) is 12.2. The molecule has 1 aliphatic heterocycles. The summed E-state index contributed by atoms with van der Waals surface area (Å²) in [7, 11) is 2.02. The predicted molar refractivity (Wildman–Crippen MR) is 173 cm³/mol. The summed E-state index contributed by atoms with van der Waals surface area (Å²) < 4.78 is 11.9. The molecule has 1 saturated heterocycles. The highest BCUT2D eigenvalue weighted by molar-refractivity contribution is 7.99. The Balaban J connectivity index is 1.34. The van der Waals surface area contributed by atoms with Gasteiger partial charge < -0.3 is 24.4 Å². The van der Waals surface area contributed by atoms with E-state index in [9.17, 15) is 24.3 Å². The Morgan fingerprint density at radius 1 is 1.16 bits per heavy atom. The van der Waals surface area contributed by atoms with Crippen molar-refractivity contribution in [2.45, 2.75) is 85.0 Å². The Labute approximate surface area is 265 Å². The number of piperazine rings is 1. The molecule has 9 atom stereocenters. The summed E-state index contributed by atoms with van der Waals surface area (Å²) in [5.41, 5.74) is -2.26. The molecule has 0 amide bonds. The maximum atomic E-state index is 13.6. The van der Waals surface area contributed by atoms with Crippen molar-refractivity contribution in [2.75, 3.05) is 49.7 Å². The van der Waals surface area contributed by atoms with Crippen LogP contribution < -0.4 is 20.5 Å². The normalized spacial score (nSPS) is 39.4. The van der Waals surface area contributed by atoms with Crippen LogP contribution in [-0.2, 0) is 14.3 Å². The van der Waals surface area contributed by atoms with Crippen molar-refractivity contribution in [1.82, 2.24) is 4.90 Å². The summed E-state index contributed by atoms with van der Waals surface area (Å²) >= 11 is 1.45. The third-order valence-corrected chi connectivity index (χ3v) is 13.3. The van der Waals surface area contributed by atoms with E-state index in [1.807, 2.05) is 24.9 Å². The number of ether oxygens (including phenoxy) is 2. The molecule has 2 bridgehead atoms. The molecule has 0 spiro atoms. The Kier molecular flexibility index (Phi) is 9.21. The van der Waals surface area contributed by atoms with Crippen LogP contribution in [0.25, 0.3) is 0 Å². The van der Waals surface area contributed by atoms with Gasteiger partial charge in [0, 0.05) is 48.6 Å². The van der Waals surface area contributed by atoms with E-state index in [0.717, 1.165) is 25.8 Å². The molecule has 1 unspecified atom stereocenters. The van der Waals surface area contributed by atoms with E-state index in [-0.39, 0.29) is 52.5 Å². The van der Waals surface area contributed by atoms with Crippen molar-refractivity contribution in [1.29, 1.82) is 0 Å². The molecule has 0 aromatic heterocycles. The molecular formula is C34H50N2O7S. The van der Waals surface area contributed by atoms with Gasteiger partial charge in [-0.05, 0) is 56.9 Å². The quantitative estimate of drug-likeness (QED) is 0.247. The predicted octanol–water partition coefficient (Wildman–Crippen LogP) is 3.44. The average Bonchev–Trinajstić information content (AvgIpc) is 3.35. The minimum absolute atomic E-state index is 0.0752. The van der Waals surface area contributed by atoms with Gasteiger partial charge in [0.05, 0.1) is 24.5 Å². The molecule has 9 nitrogen and oxygen atoms in total. The number of esters is 1. The summed E-state index contributed by atoms with van der Waals surface area (Å²) in [5.74, 6) is 0.561. The number of aliphatic hydroxyl groups is 1. The first-order valence-electron chi connectivity index (χ1n) is 16.3. The number of likely N-dealkylation sites (N-methyl/N-ethyl adjacent to an activating group) is 1. The zero-order chi connectivity index (χ0) is 32.2. The highest BCUT2D eigenvalue weighted by Crippen LogP contribution is 2.68. The summed E-state index contributed by atoms with van der Waals surface area (Å²) in [6.45, 7) is 16.6. The lowest BCUT2D eigenvalue weighted by Gasteiger charge is -2.61. The number of Topliss-reactive ketones (excluding diaryl/α,β-unsaturated/α-hetero) is 1. The molecule has 1 heterocycles. The van der Waals surface area contributed by atoms with Gasteiger partial charge in [0.2, 0.25) is 0 Å². The van der Waals surface area contributed by atoms with Crippen molar-refractivity contribution in [2.24, 2.45) is 34.0 Å². The second-order valence-electron chi connectivity index (χ2n) is 14.5. The number of rotatable bonds is 9. The molecule has 1 aromatic carbocycles. The summed E-state index contributed by atoms with van der Waals surface area (Å²) in [6.07, 6.45) is 4.07. The summed E-state index contributed by atoms with van der Waals surface area (Å²) in [5, 5.41) is 11.7. The molecule has 0 radical (unpaired) electrons. The molecule has 244 valence electrons. The minimum atomic E-state index is -0.701. The van der Waals surface area contributed by atoms with Crippen molar-refractivity contribution >= 4 is 29.2 Å². The number of hydrogen-bond donors (Lipinski definition) is 1. The number of thioether (sulfide) groups is 1. The van der Waals surface area contributed by atoms with Gasteiger partial charge in [-0.1, -0.05) is 33.8 Å². The first-order valence-corrected chi connectivity index (χ1v) is 17.4. The van der Waals surface area contributed by atoms with Gasteiger partial charge in [-0.25, -0.2) is 0 Å². The van der Waals surface area contributed by atoms with Crippen molar-refractivity contribution in [3.63, 3.8) is 0 Å². The van der Waals surface area contributed by atoms with Gasteiger partial charge in [-0.2, -0.15) is 0 Å². The fraction of sp³-hybridized carbons (Fsp3) is 0.765. The summed E-state index contributed by atoms with van der Waals surface area (Å²) in [4.78, 5) is 56.0. The minimum Gasteiger partial charge on any atom is -0.488 e. The standard InChI is InChI=1S/C34H50N2O7S/c1-8-32(5)16-24(33(6)20(3)10-12-34(21(4)31(32)41)13-11-23(37)30(33)34)43-25(38)19-44-18-22-17-35(7)14-15-36(22)26-27(39)28(40)29(26)42-9-2/h8,20-22,24,30-31,41H,1,9-19H2,2-7H3/t20-,21+,22?,24-,30+,31+,32-,33+,34+/m1/s1. The molecule has 44 heavy (non-hydrogen) atoms. The largest absolute Gasteiger partial charge is 0.488 e. The SMILES string of the molecule is C=C[C@]1(C)C[C@@H](OC(=O)CSCC2CN(C)CCN2c2c(OCC)c(=O)c2=O)[C@]2(C)[C@H](C)CC[C@]3(CCC(=O)[C@H]32)[C@@H](C)[C@@H]1O. The first kappa shape index (κ1) is 33.2. The molecule has 4 aliphatic rings. The number of aliphatic hydroxyl groups excluding tert-OH is 1. The number of nitrogens with zero attached hydrogens (tertiary/aromatic N) is 2. The van der Waals surface area contributed by atoms with Crippen molar-refractivity contribution in [3.8, 4) is 5.75 Å². The zero-order valence-corrected chi connectivity index (χ0v) is 28.0. The third kappa shape index (κ3) is 5.16. The number of ketones is 1. The van der Waals surface area contributed by atoms with Crippen LogP contribution in [0.1, 0.15) is 66.7 Å². The smallest absolute Gasteiger partial charge is 0.316 e. The maximum Gasteiger partial charge on any atom is 0.316 e. The molecule has 3 saturated carbocycles. The lowest BCUT2D eigenvalue weighted by Crippen LogP contribution is -2.63. The van der Waals surface area contributed by atoms with E-state index in [1.54, 1.807) is 6.92 Å². The van der Waals surface area contributed by atoms with Crippen LogP contribution >= 0.6 is 11.8 Å². The Morgan fingerprint density at radius 2 is 1.89 bits per heavy atom. The van der Waals surface area contributed by atoms with Crippen LogP contribution in [0.2, 0.25) is 0 Å². The van der Waals surface area contributed by atoms with E-state index >= 15 is 0 Å². The second-order valence-corrected chi connectivity index (χ2v) is 15.5. The molecule has 5 rings (SSSR count). The molecule has 1 aromatic rings. The molecule has 4 fully saturated rings. The van der Waals surface area contributed by atoms with E-state index in [1.165, 1.54) is 11.8 Å². The fourth-order valence-corrected chi connectivity index (χ4v) is 10.2. The highest BCUT2D eigenvalue weighted by Gasteiger charge is 2.68. The van der Waals surface area contributed by atoms with Gasteiger partial charge in [0.15, 0.2) is 5.75 Å². The summed E-state index contributed by atoms with van der Waals surface area (Å²) in [6, 6.07) is -0.0799. The number of anilines is 1. The lowest BCUT2D eigenvalue weighted by atomic mass is 9.44. The van der Waals surface area contributed by atoms with Gasteiger partial charge in [0.1, 0.15) is 17.6 Å².